The first-order valence-electron chi connectivity index (χ1n) is 8.89. The number of pyridine rings is 1. The molecular formula is C20H19F4N3O3. The zero-order chi connectivity index (χ0) is 22.1. The number of benzene rings is 1. The summed E-state index contributed by atoms with van der Waals surface area (Å²) in [7, 11) is 0. The SMILES string of the molecule is CC(C)(C)OCC(=O)Nc1nc2ccc(F)cn2c1-c1ccc(OC(F)(F)F)cc1. The van der Waals surface area contributed by atoms with Gasteiger partial charge in [-0.2, -0.15) is 0 Å². The van der Waals surface area contributed by atoms with Crippen molar-refractivity contribution in [1.82, 2.24) is 9.38 Å². The molecule has 0 atom stereocenters. The smallest absolute Gasteiger partial charge is 0.406 e. The van der Waals surface area contributed by atoms with Crippen LogP contribution in [0.15, 0.2) is 42.6 Å². The number of hydrogen-bond acceptors (Lipinski definition) is 4. The maximum absolute atomic E-state index is 13.8. The summed E-state index contributed by atoms with van der Waals surface area (Å²) in [6, 6.07) is 7.58. The molecule has 0 spiro atoms. The monoisotopic (exact) mass is 425 g/mol. The minimum Gasteiger partial charge on any atom is -0.406 e. The summed E-state index contributed by atoms with van der Waals surface area (Å²) >= 11 is 0. The highest BCUT2D eigenvalue weighted by Crippen LogP contribution is 2.32. The van der Waals surface area contributed by atoms with Crippen LogP contribution < -0.4 is 10.1 Å². The van der Waals surface area contributed by atoms with E-state index in [0.717, 1.165) is 12.1 Å². The number of alkyl halides is 3. The molecule has 160 valence electrons. The topological polar surface area (TPSA) is 64.9 Å². The average molecular weight is 425 g/mol. The number of nitrogens with one attached hydrogen (secondary N) is 1. The number of nitrogens with zero attached hydrogens (tertiary/aromatic N) is 2. The lowest BCUT2D eigenvalue weighted by atomic mass is 10.1. The van der Waals surface area contributed by atoms with E-state index in [9.17, 15) is 22.4 Å². The molecule has 0 aliphatic rings. The van der Waals surface area contributed by atoms with Gasteiger partial charge >= 0.3 is 6.36 Å². The number of anilines is 1. The Bertz CT molecular complexity index is 1050. The summed E-state index contributed by atoms with van der Waals surface area (Å²) in [5.41, 5.74) is 0.507. The Kier molecular flexibility index (Phi) is 5.71. The molecule has 2 aromatic heterocycles. The van der Waals surface area contributed by atoms with Gasteiger partial charge in [-0.25, -0.2) is 9.37 Å². The molecule has 0 radical (unpaired) electrons. The fourth-order valence-electron chi connectivity index (χ4n) is 2.65. The van der Waals surface area contributed by atoms with Crippen LogP contribution in [0.5, 0.6) is 5.75 Å². The van der Waals surface area contributed by atoms with Crippen LogP contribution in [0.1, 0.15) is 20.8 Å². The largest absolute Gasteiger partial charge is 0.573 e. The highest BCUT2D eigenvalue weighted by Gasteiger charge is 2.31. The van der Waals surface area contributed by atoms with E-state index in [1.54, 1.807) is 20.8 Å². The van der Waals surface area contributed by atoms with E-state index in [2.05, 4.69) is 15.0 Å². The normalized spacial score (nSPS) is 12.2. The second-order valence-electron chi connectivity index (χ2n) is 7.41. The van der Waals surface area contributed by atoms with E-state index in [-0.39, 0.29) is 12.4 Å². The van der Waals surface area contributed by atoms with Gasteiger partial charge in [-0.3, -0.25) is 9.20 Å². The minimum absolute atomic E-state index is 0.118. The van der Waals surface area contributed by atoms with Crippen molar-refractivity contribution in [3.8, 4) is 17.0 Å². The molecule has 6 nitrogen and oxygen atoms in total. The third-order valence-corrected chi connectivity index (χ3v) is 3.84. The molecule has 0 saturated carbocycles. The van der Waals surface area contributed by atoms with Gasteiger partial charge in [-0.05, 0) is 57.2 Å². The van der Waals surface area contributed by atoms with Crippen LogP contribution in [0.2, 0.25) is 0 Å². The lowest BCUT2D eigenvalue weighted by Crippen LogP contribution is -2.27. The first kappa shape index (κ1) is 21.6. The molecule has 1 N–H and O–H groups in total. The number of amides is 1. The summed E-state index contributed by atoms with van der Waals surface area (Å²) in [5.74, 6) is -1.32. The Hall–Kier alpha value is -3.14. The lowest BCUT2D eigenvalue weighted by Gasteiger charge is -2.18. The van der Waals surface area contributed by atoms with Crippen molar-refractivity contribution in [3.63, 3.8) is 0 Å². The van der Waals surface area contributed by atoms with E-state index < -0.39 is 29.4 Å². The third kappa shape index (κ3) is 5.47. The van der Waals surface area contributed by atoms with Crippen LogP contribution in [0, 0.1) is 5.82 Å². The predicted molar refractivity (Wildman–Crippen MR) is 102 cm³/mol. The van der Waals surface area contributed by atoms with Crippen molar-refractivity contribution in [2.45, 2.75) is 32.7 Å². The molecule has 10 heteroatoms. The Labute approximate surface area is 169 Å². The molecule has 3 aromatic rings. The van der Waals surface area contributed by atoms with Gasteiger partial charge in [0.05, 0.1) is 11.3 Å². The summed E-state index contributed by atoms with van der Waals surface area (Å²) in [5, 5.41) is 2.61. The Morgan fingerprint density at radius 2 is 1.77 bits per heavy atom. The quantitative estimate of drug-likeness (QED) is 0.597. The van der Waals surface area contributed by atoms with E-state index in [1.807, 2.05) is 0 Å². The molecular weight excluding hydrogens is 406 g/mol. The molecule has 30 heavy (non-hydrogen) atoms. The fraction of sp³-hybridized carbons (Fsp3) is 0.300. The number of halogens is 4. The van der Waals surface area contributed by atoms with E-state index >= 15 is 0 Å². The van der Waals surface area contributed by atoms with Gasteiger partial charge in [0.15, 0.2) is 5.82 Å². The van der Waals surface area contributed by atoms with Gasteiger partial charge in [0, 0.05) is 11.8 Å². The van der Waals surface area contributed by atoms with Crippen molar-refractivity contribution in [2.24, 2.45) is 0 Å². The van der Waals surface area contributed by atoms with Crippen LogP contribution in [-0.4, -0.2) is 33.9 Å². The van der Waals surface area contributed by atoms with Crippen LogP contribution in [-0.2, 0) is 9.53 Å². The van der Waals surface area contributed by atoms with Crippen molar-refractivity contribution >= 4 is 17.4 Å². The second-order valence-corrected chi connectivity index (χ2v) is 7.41. The van der Waals surface area contributed by atoms with Gasteiger partial charge < -0.3 is 14.8 Å². The number of ether oxygens (including phenoxy) is 2. The molecule has 0 aliphatic heterocycles. The van der Waals surface area contributed by atoms with Crippen LogP contribution in [0.25, 0.3) is 16.9 Å². The molecule has 0 bridgehead atoms. The summed E-state index contributed by atoms with van der Waals surface area (Å²) in [6.45, 7) is 5.15. The van der Waals surface area contributed by atoms with Crippen molar-refractivity contribution in [3.05, 3.63) is 48.4 Å². The predicted octanol–water partition coefficient (Wildman–Crippen LogP) is 4.79. The van der Waals surface area contributed by atoms with E-state index in [1.165, 1.54) is 34.9 Å². The number of carbonyl (C=O) groups excluding carboxylic acids is 1. The molecule has 2 heterocycles. The van der Waals surface area contributed by atoms with Gasteiger partial charge in [-0.15, -0.1) is 13.2 Å². The number of imidazole rings is 1. The van der Waals surface area contributed by atoms with Crippen molar-refractivity contribution in [1.29, 1.82) is 0 Å². The highest BCUT2D eigenvalue weighted by molar-refractivity contribution is 5.95. The number of fused-ring (bicyclic) bond motifs is 1. The Morgan fingerprint density at radius 1 is 1.10 bits per heavy atom. The molecule has 0 fully saturated rings. The summed E-state index contributed by atoms with van der Waals surface area (Å²) in [4.78, 5) is 16.6. The first-order valence-corrected chi connectivity index (χ1v) is 8.89. The number of carbonyl (C=O) groups is 1. The van der Waals surface area contributed by atoms with E-state index in [4.69, 9.17) is 4.74 Å². The lowest BCUT2D eigenvalue weighted by molar-refractivity contribution is -0.274. The minimum atomic E-state index is -4.82. The molecule has 3 rings (SSSR count). The Morgan fingerprint density at radius 3 is 2.37 bits per heavy atom. The van der Waals surface area contributed by atoms with Gasteiger partial charge in [0.25, 0.3) is 5.91 Å². The van der Waals surface area contributed by atoms with Gasteiger partial charge in [0.1, 0.15) is 23.8 Å². The zero-order valence-electron chi connectivity index (χ0n) is 16.4. The highest BCUT2D eigenvalue weighted by atomic mass is 19.4. The molecule has 0 aliphatic carbocycles. The van der Waals surface area contributed by atoms with Crippen LogP contribution in [0.4, 0.5) is 23.4 Å². The number of hydrogen-bond donors (Lipinski definition) is 1. The zero-order valence-corrected chi connectivity index (χ0v) is 16.4. The third-order valence-electron chi connectivity index (χ3n) is 3.84. The Balaban J connectivity index is 1.96. The number of rotatable bonds is 5. The maximum Gasteiger partial charge on any atom is 0.573 e. The van der Waals surface area contributed by atoms with Crippen molar-refractivity contribution < 1.29 is 31.8 Å². The van der Waals surface area contributed by atoms with Crippen LogP contribution >= 0.6 is 0 Å². The van der Waals surface area contributed by atoms with Gasteiger partial charge in [-0.1, -0.05) is 0 Å². The van der Waals surface area contributed by atoms with Gasteiger partial charge in [0.2, 0.25) is 0 Å². The first-order chi connectivity index (χ1) is 13.9. The average Bonchev–Trinajstić information content (AvgIpc) is 2.96. The molecule has 0 unspecified atom stereocenters. The van der Waals surface area contributed by atoms with E-state index in [0.29, 0.717) is 16.9 Å². The standard InChI is InChI=1S/C20H19F4N3O3/c1-19(2,3)29-11-16(28)26-18-17(27-10-13(21)6-9-15(27)25-18)12-4-7-14(8-5-12)30-20(22,23)24/h4-10H,11H2,1-3H3,(H,26,28). The van der Waals surface area contributed by atoms with Crippen LogP contribution in [0.3, 0.4) is 0 Å². The maximum atomic E-state index is 13.8. The fourth-order valence-corrected chi connectivity index (χ4v) is 2.65. The second kappa shape index (κ2) is 7.94. The molecule has 0 saturated heterocycles. The van der Waals surface area contributed by atoms with Crippen molar-refractivity contribution in [2.75, 3.05) is 11.9 Å². The summed E-state index contributed by atoms with van der Waals surface area (Å²) < 4.78 is 61.7. The molecule has 1 aromatic carbocycles. The molecule has 1 amide bonds. The summed E-state index contributed by atoms with van der Waals surface area (Å²) in [6.07, 6.45) is -3.65. The number of aromatic nitrogens is 2.